The number of halogens is 4. The summed E-state index contributed by atoms with van der Waals surface area (Å²) >= 11 is 6.48. The van der Waals surface area contributed by atoms with Crippen molar-refractivity contribution < 1.29 is 13.5 Å². The third kappa shape index (κ3) is 2.16. The van der Waals surface area contributed by atoms with Crippen molar-refractivity contribution >= 4 is 42.8 Å². The molecule has 96 valence electrons. The summed E-state index contributed by atoms with van der Waals surface area (Å²) in [5.74, 6) is 0.315. The molecule has 0 aliphatic rings. The minimum atomic E-state index is -2.73. The standard InChI is InChI=1S/C11H7Br2F2NO2/c1-18-10-5(13)2-4(12)9-8(10)7(17)3-6(16-9)11(14)15/h2-3,11H,1H3,(H,16,17). The van der Waals surface area contributed by atoms with Crippen LogP contribution in [-0.2, 0) is 0 Å². The number of aromatic nitrogens is 1. The Morgan fingerprint density at radius 2 is 1.94 bits per heavy atom. The Morgan fingerprint density at radius 3 is 2.50 bits per heavy atom. The van der Waals surface area contributed by atoms with Crippen molar-refractivity contribution in [2.24, 2.45) is 0 Å². The van der Waals surface area contributed by atoms with Crippen molar-refractivity contribution in [3.05, 3.63) is 37.0 Å². The first-order chi connectivity index (χ1) is 8.45. The fourth-order valence-corrected chi connectivity index (χ4v) is 3.09. The topological polar surface area (TPSA) is 42.1 Å². The van der Waals surface area contributed by atoms with E-state index in [9.17, 15) is 13.6 Å². The summed E-state index contributed by atoms with van der Waals surface area (Å²) in [5, 5.41) is 0.225. The molecule has 0 saturated carbocycles. The number of H-pyrrole nitrogens is 1. The average molecular weight is 383 g/mol. The maximum atomic E-state index is 12.6. The Balaban J connectivity index is 2.95. The molecule has 0 unspecified atom stereocenters. The van der Waals surface area contributed by atoms with E-state index in [-0.39, 0.29) is 10.9 Å². The lowest BCUT2D eigenvalue weighted by molar-refractivity contribution is 0.146. The Bertz CT molecular complexity index is 670. The van der Waals surface area contributed by atoms with Gasteiger partial charge in [-0.2, -0.15) is 0 Å². The maximum Gasteiger partial charge on any atom is 0.278 e. The van der Waals surface area contributed by atoms with E-state index in [2.05, 4.69) is 36.8 Å². The van der Waals surface area contributed by atoms with Crippen LogP contribution in [0.4, 0.5) is 8.78 Å². The summed E-state index contributed by atoms with van der Waals surface area (Å²) in [6.45, 7) is 0. The highest BCUT2D eigenvalue weighted by atomic mass is 79.9. The molecule has 0 amide bonds. The van der Waals surface area contributed by atoms with Gasteiger partial charge in [0, 0.05) is 10.5 Å². The van der Waals surface area contributed by atoms with Crippen LogP contribution in [0.3, 0.4) is 0 Å². The number of methoxy groups -OCH3 is 1. The summed E-state index contributed by atoms with van der Waals surface area (Å²) in [5.41, 5.74) is -0.645. The molecule has 0 saturated heterocycles. The van der Waals surface area contributed by atoms with Crippen LogP contribution in [0.25, 0.3) is 10.9 Å². The minimum absolute atomic E-state index is 0.225. The molecule has 0 aliphatic heterocycles. The number of rotatable bonds is 2. The van der Waals surface area contributed by atoms with Gasteiger partial charge in [0.15, 0.2) is 5.43 Å². The first-order valence-corrected chi connectivity index (χ1v) is 6.41. The van der Waals surface area contributed by atoms with Gasteiger partial charge in [-0.25, -0.2) is 8.78 Å². The number of alkyl halides is 2. The third-order valence-electron chi connectivity index (χ3n) is 2.43. The normalized spacial score (nSPS) is 11.2. The maximum absolute atomic E-state index is 12.6. The zero-order chi connectivity index (χ0) is 13.4. The monoisotopic (exact) mass is 381 g/mol. The highest BCUT2D eigenvalue weighted by Gasteiger charge is 2.17. The Labute approximate surface area is 117 Å². The molecule has 2 aromatic rings. The van der Waals surface area contributed by atoms with Crippen LogP contribution in [0.15, 0.2) is 25.9 Å². The molecule has 1 aromatic heterocycles. The van der Waals surface area contributed by atoms with E-state index in [1.807, 2.05) is 0 Å². The molecular weight excluding hydrogens is 376 g/mol. The average Bonchev–Trinajstić information content (AvgIpc) is 2.30. The zero-order valence-corrected chi connectivity index (χ0v) is 12.2. The second kappa shape index (κ2) is 4.97. The predicted molar refractivity (Wildman–Crippen MR) is 71.5 cm³/mol. The first-order valence-electron chi connectivity index (χ1n) is 4.82. The summed E-state index contributed by atoms with van der Waals surface area (Å²) in [6, 6.07) is 2.51. The SMILES string of the molecule is COc1c(Br)cc(Br)c2[nH]c(C(F)F)cc(=O)c12. The molecule has 2 rings (SSSR count). The fraction of sp³-hybridized carbons (Fsp3) is 0.182. The van der Waals surface area contributed by atoms with Crippen molar-refractivity contribution in [2.75, 3.05) is 7.11 Å². The van der Waals surface area contributed by atoms with Gasteiger partial charge in [0.25, 0.3) is 6.43 Å². The van der Waals surface area contributed by atoms with Gasteiger partial charge in [-0.05, 0) is 37.9 Å². The molecule has 1 heterocycles. The van der Waals surface area contributed by atoms with E-state index in [1.165, 1.54) is 7.11 Å². The Kier molecular flexibility index (Phi) is 3.72. The Hall–Kier alpha value is -0.950. The lowest BCUT2D eigenvalue weighted by Crippen LogP contribution is -2.08. The van der Waals surface area contributed by atoms with Gasteiger partial charge >= 0.3 is 0 Å². The smallest absolute Gasteiger partial charge is 0.278 e. The van der Waals surface area contributed by atoms with Gasteiger partial charge in [-0.15, -0.1) is 0 Å². The van der Waals surface area contributed by atoms with Crippen molar-refractivity contribution in [3.8, 4) is 5.75 Å². The van der Waals surface area contributed by atoms with E-state index in [1.54, 1.807) is 6.07 Å². The third-order valence-corrected chi connectivity index (χ3v) is 3.64. The van der Waals surface area contributed by atoms with Crippen molar-refractivity contribution in [1.29, 1.82) is 0 Å². The molecule has 0 aliphatic carbocycles. The molecule has 1 aromatic carbocycles. The lowest BCUT2D eigenvalue weighted by Gasteiger charge is -2.10. The van der Waals surface area contributed by atoms with Crippen molar-refractivity contribution in [1.82, 2.24) is 4.98 Å². The van der Waals surface area contributed by atoms with E-state index in [0.717, 1.165) is 6.07 Å². The van der Waals surface area contributed by atoms with Crippen LogP contribution < -0.4 is 10.2 Å². The molecule has 0 radical (unpaired) electrons. The van der Waals surface area contributed by atoms with Crippen LogP contribution in [0, 0.1) is 0 Å². The van der Waals surface area contributed by atoms with Gasteiger partial charge < -0.3 is 9.72 Å². The lowest BCUT2D eigenvalue weighted by atomic mass is 10.1. The number of nitrogens with one attached hydrogen (secondary N) is 1. The highest BCUT2D eigenvalue weighted by Crippen LogP contribution is 2.36. The van der Waals surface area contributed by atoms with Gasteiger partial charge in [-0.1, -0.05) is 0 Å². The van der Waals surface area contributed by atoms with Crippen LogP contribution in [0.1, 0.15) is 12.1 Å². The second-order valence-electron chi connectivity index (χ2n) is 3.51. The van der Waals surface area contributed by atoms with E-state index in [0.29, 0.717) is 14.7 Å². The fourth-order valence-electron chi connectivity index (χ4n) is 1.67. The number of ether oxygens (including phenoxy) is 1. The largest absolute Gasteiger partial charge is 0.495 e. The van der Waals surface area contributed by atoms with E-state index in [4.69, 9.17) is 4.74 Å². The van der Waals surface area contributed by atoms with Crippen LogP contribution in [-0.4, -0.2) is 12.1 Å². The summed E-state index contributed by atoms with van der Waals surface area (Å²) < 4.78 is 31.5. The summed E-state index contributed by atoms with van der Waals surface area (Å²) in [7, 11) is 1.41. The van der Waals surface area contributed by atoms with Gasteiger partial charge in [0.2, 0.25) is 0 Å². The first kappa shape index (κ1) is 13.5. The van der Waals surface area contributed by atoms with Gasteiger partial charge in [0.05, 0.1) is 28.2 Å². The second-order valence-corrected chi connectivity index (χ2v) is 5.22. The number of hydrogen-bond donors (Lipinski definition) is 1. The molecule has 0 spiro atoms. The van der Waals surface area contributed by atoms with Crippen LogP contribution in [0.5, 0.6) is 5.75 Å². The quantitative estimate of drug-likeness (QED) is 0.852. The molecule has 1 N–H and O–H groups in total. The Morgan fingerprint density at radius 1 is 1.28 bits per heavy atom. The zero-order valence-electron chi connectivity index (χ0n) is 9.06. The number of benzene rings is 1. The molecule has 0 bridgehead atoms. The van der Waals surface area contributed by atoms with Gasteiger partial charge in [0.1, 0.15) is 5.75 Å². The molecule has 0 atom stereocenters. The molecular formula is C11H7Br2F2NO2. The van der Waals surface area contributed by atoms with Gasteiger partial charge in [-0.3, -0.25) is 4.79 Å². The molecule has 0 fully saturated rings. The van der Waals surface area contributed by atoms with Crippen LogP contribution in [0.2, 0.25) is 0 Å². The van der Waals surface area contributed by atoms with E-state index >= 15 is 0 Å². The van der Waals surface area contributed by atoms with Crippen LogP contribution >= 0.6 is 31.9 Å². The minimum Gasteiger partial charge on any atom is -0.495 e. The summed E-state index contributed by atoms with van der Waals surface area (Å²) in [4.78, 5) is 14.5. The van der Waals surface area contributed by atoms with Crippen molar-refractivity contribution in [2.45, 2.75) is 6.43 Å². The van der Waals surface area contributed by atoms with Crippen molar-refractivity contribution in [3.63, 3.8) is 0 Å². The summed E-state index contributed by atoms with van der Waals surface area (Å²) in [6.07, 6.45) is -2.73. The molecule has 7 heteroatoms. The predicted octanol–water partition coefficient (Wildman–Crippen LogP) is 4.00. The highest BCUT2D eigenvalue weighted by molar-refractivity contribution is 9.11. The number of fused-ring (bicyclic) bond motifs is 1. The number of aromatic amines is 1. The number of hydrogen-bond acceptors (Lipinski definition) is 2. The van der Waals surface area contributed by atoms with E-state index < -0.39 is 17.5 Å². The number of pyridine rings is 1. The molecule has 18 heavy (non-hydrogen) atoms. The molecule has 3 nitrogen and oxygen atoms in total.